The molecule has 1 heterocycles. The van der Waals surface area contributed by atoms with Crippen LogP contribution < -0.4 is 10.1 Å². The molecule has 116 valence electrons. The first-order valence-corrected chi connectivity index (χ1v) is 6.39. The number of nitrogens with one attached hydrogen (secondary N) is 1. The molecule has 0 saturated heterocycles. The molecule has 0 bridgehead atoms. The number of ether oxygens (including phenoxy) is 2. The van der Waals surface area contributed by atoms with Gasteiger partial charge < -0.3 is 14.4 Å². The van der Waals surface area contributed by atoms with Gasteiger partial charge in [-0.2, -0.15) is 0 Å². The van der Waals surface area contributed by atoms with Gasteiger partial charge in [-0.15, -0.1) is 0 Å². The third-order valence-corrected chi connectivity index (χ3v) is 2.35. The fraction of sp³-hybridized carbons (Fsp3) is 0.500. The van der Waals surface area contributed by atoms with Crippen molar-refractivity contribution in [2.24, 2.45) is 0 Å². The maximum absolute atomic E-state index is 11.8. The molecule has 0 fully saturated rings. The second kappa shape index (κ2) is 6.43. The van der Waals surface area contributed by atoms with E-state index in [0.29, 0.717) is 11.4 Å². The van der Waals surface area contributed by atoms with Gasteiger partial charge in [0.15, 0.2) is 0 Å². The Morgan fingerprint density at radius 2 is 1.90 bits per heavy atom. The predicted octanol–water partition coefficient (Wildman–Crippen LogP) is 2.14. The van der Waals surface area contributed by atoms with Crippen LogP contribution in [0, 0.1) is 0 Å². The zero-order valence-corrected chi connectivity index (χ0v) is 13.2. The van der Waals surface area contributed by atoms with E-state index in [1.54, 1.807) is 34.9 Å². The van der Waals surface area contributed by atoms with E-state index in [1.807, 2.05) is 0 Å². The zero-order valence-electron chi connectivity index (χ0n) is 13.2. The van der Waals surface area contributed by atoms with Crippen LogP contribution in [0.15, 0.2) is 12.3 Å². The topological polar surface area (TPSA) is 80.8 Å². The molecule has 1 rings (SSSR count). The number of pyridine rings is 1. The van der Waals surface area contributed by atoms with Crippen LogP contribution in [0.5, 0.6) is 5.75 Å². The third-order valence-electron chi connectivity index (χ3n) is 2.35. The zero-order chi connectivity index (χ0) is 16.2. The van der Waals surface area contributed by atoms with Crippen molar-refractivity contribution in [2.45, 2.75) is 26.4 Å². The molecule has 0 aliphatic rings. The monoisotopic (exact) mass is 295 g/mol. The summed E-state index contributed by atoms with van der Waals surface area (Å²) in [5.41, 5.74) is -0.0420. The molecule has 2 amide bonds. The quantitative estimate of drug-likeness (QED) is 0.924. The average molecular weight is 295 g/mol. The molecule has 1 aromatic rings. The summed E-state index contributed by atoms with van der Waals surface area (Å²) < 4.78 is 10.3. The Hall–Kier alpha value is -2.31. The first-order chi connectivity index (χ1) is 9.64. The van der Waals surface area contributed by atoms with Gasteiger partial charge in [-0.05, 0) is 20.8 Å². The lowest BCUT2D eigenvalue weighted by Crippen LogP contribution is -2.27. The second-order valence-corrected chi connectivity index (χ2v) is 5.60. The van der Waals surface area contributed by atoms with Crippen molar-refractivity contribution >= 4 is 17.7 Å². The number of nitrogens with zero attached hydrogens (tertiary/aromatic N) is 2. The molecule has 0 radical (unpaired) electrons. The Kier molecular flexibility index (Phi) is 5.12. The summed E-state index contributed by atoms with van der Waals surface area (Å²) in [6.07, 6.45) is 0.744. The molecule has 7 heteroatoms. The van der Waals surface area contributed by atoms with E-state index in [0.717, 1.165) is 0 Å². The van der Waals surface area contributed by atoms with Crippen molar-refractivity contribution in [1.82, 2.24) is 9.88 Å². The highest BCUT2D eigenvalue weighted by Gasteiger charge is 2.19. The molecular formula is C14H21N3O4. The summed E-state index contributed by atoms with van der Waals surface area (Å²) in [4.78, 5) is 29.0. The summed E-state index contributed by atoms with van der Waals surface area (Å²) in [5.74, 6) is 0.0816. The van der Waals surface area contributed by atoms with Gasteiger partial charge in [0.25, 0.3) is 5.91 Å². The largest absolute Gasteiger partial charge is 0.494 e. The molecule has 0 saturated carbocycles. The van der Waals surface area contributed by atoms with E-state index in [9.17, 15) is 9.59 Å². The van der Waals surface area contributed by atoms with Crippen molar-refractivity contribution < 1.29 is 19.1 Å². The van der Waals surface area contributed by atoms with Gasteiger partial charge in [-0.25, -0.2) is 9.78 Å². The van der Waals surface area contributed by atoms with Crippen LogP contribution in [-0.2, 0) is 4.74 Å². The smallest absolute Gasteiger partial charge is 0.412 e. The molecule has 0 aliphatic heterocycles. The highest BCUT2D eigenvalue weighted by Crippen LogP contribution is 2.25. The van der Waals surface area contributed by atoms with Gasteiger partial charge in [0, 0.05) is 20.2 Å². The average Bonchev–Trinajstić information content (AvgIpc) is 2.35. The number of hydrogen-bond acceptors (Lipinski definition) is 5. The van der Waals surface area contributed by atoms with Crippen molar-refractivity contribution in [3.63, 3.8) is 0 Å². The molecule has 7 nitrogen and oxygen atoms in total. The predicted molar refractivity (Wildman–Crippen MR) is 78.7 cm³/mol. The van der Waals surface area contributed by atoms with Crippen molar-refractivity contribution in [2.75, 3.05) is 26.5 Å². The molecule has 0 unspecified atom stereocenters. The summed E-state index contributed by atoms with van der Waals surface area (Å²) >= 11 is 0. The van der Waals surface area contributed by atoms with Crippen LogP contribution >= 0.6 is 0 Å². The van der Waals surface area contributed by atoms with Gasteiger partial charge in [0.05, 0.1) is 13.3 Å². The standard InChI is InChI=1S/C14H21N3O4/c1-14(2,3)21-13(19)16-10-8-15-9(7-11(10)20-6)12(18)17(4)5/h7-8H,1-6H3,(H,16,19). The van der Waals surface area contributed by atoms with Crippen LogP contribution in [-0.4, -0.2) is 48.7 Å². The van der Waals surface area contributed by atoms with Gasteiger partial charge in [0.2, 0.25) is 0 Å². The van der Waals surface area contributed by atoms with E-state index >= 15 is 0 Å². The molecule has 0 spiro atoms. The van der Waals surface area contributed by atoms with Crippen LogP contribution in [0.4, 0.5) is 10.5 Å². The summed E-state index contributed by atoms with van der Waals surface area (Å²) in [7, 11) is 4.70. The molecule has 21 heavy (non-hydrogen) atoms. The summed E-state index contributed by atoms with van der Waals surface area (Å²) in [6.45, 7) is 5.29. The van der Waals surface area contributed by atoms with Crippen LogP contribution in [0.2, 0.25) is 0 Å². The minimum Gasteiger partial charge on any atom is -0.494 e. The fourth-order valence-corrected chi connectivity index (χ4v) is 1.46. The van der Waals surface area contributed by atoms with Crippen molar-refractivity contribution in [3.05, 3.63) is 18.0 Å². The first-order valence-electron chi connectivity index (χ1n) is 6.39. The maximum Gasteiger partial charge on any atom is 0.412 e. The maximum atomic E-state index is 11.8. The highest BCUT2D eigenvalue weighted by molar-refractivity contribution is 5.94. The van der Waals surface area contributed by atoms with Crippen LogP contribution in [0.1, 0.15) is 31.3 Å². The van der Waals surface area contributed by atoms with Crippen LogP contribution in [0.3, 0.4) is 0 Å². The lowest BCUT2D eigenvalue weighted by Gasteiger charge is -2.20. The van der Waals surface area contributed by atoms with E-state index in [1.165, 1.54) is 24.3 Å². The van der Waals surface area contributed by atoms with Gasteiger partial charge >= 0.3 is 6.09 Å². The second-order valence-electron chi connectivity index (χ2n) is 5.60. The molecule has 0 aromatic carbocycles. The Bertz CT molecular complexity index is 536. The number of amides is 2. The number of carbonyl (C=O) groups excluding carboxylic acids is 2. The molecule has 1 aromatic heterocycles. The molecule has 0 aliphatic carbocycles. The van der Waals surface area contributed by atoms with E-state index in [2.05, 4.69) is 10.3 Å². The summed E-state index contributed by atoms with van der Waals surface area (Å²) in [5, 5.41) is 2.54. The third kappa shape index (κ3) is 4.94. The van der Waals surface area contributed by atoms with Gasteiger partial charge in [-0.1, -0.05) is 0 Å². The lowest BCUT2D eigenvalue weighted by atomic mass is 10.2. The van der Waals surface area contributed by atoms with E-state index < -0.39 is 11.7 Å². The normalized spacial score (nSPS) is 10.8. The first kappa shape index (κ1) is 16.7. The van der Waals surface area contributed by atoms with Gasteiger partial charge in [0.1, 0.15) is 22.7 Å². The van der Waals surface area contributed by atoms with Crippen LogP contribution in [0.25, 0.3) is 0 Å². The highest BCUT2D eigenvalue weighted by atomic mass is 16.6. The SMILES string of the molecule is COc1cc(C(=O)N(C)C)ncc1NC(=O)OC(C)(C)C. The van der Waals surface area contributed by atoms with E-state index in [-0.39, 0.29) is 11.6 Å². The number of methoxy groups -OCH3 is 1. The Morgan fingerprint density at radius 1 is 1.29 bits per heavy atom. The number of hydrogen-bond donors (Lipinski definition) is 1. The molecular weight excluding hydrogens is 274 g/mol. The van der Waals surface area contributed by atoms with Crippen molar-refractivity contribution in [1.29, 1.82) is 0 Å². The minimum atomic E-state index is -0.616. The Labute approximate surface area is 124 Å². The van der Waals surface area contributed by atoms with Gasteiger partial charge in [-0.3, -0.25) is 10.1 Å². The number of carbonyl (C=O) groups is 2. The summed E-state index contributed by atoms with van der Waals surface area (Å²) in [6, 6.07) is 1.47. The fourth-order valence-electron chi connectivity index (χ4n) is 1.46. The molecule has 1 N–H and O–H groups in total. The molecule has 0 atom stereocenters. The Balaban J connectivity index is 2.94. The van der Waals surface area contributed by atoms with E-state index in [4.69, 9.17) is 9.47 Å². The number of anilines is 1. The van der Waals surface area contributed by atoms with Crippen molar-refractivity contribution in [3.8, 4) is 5.75 Å². The number of rotatable bonds is 3. The minimum absolute atomic E-state index is 0.228. The lowest BCUT2D eigenvalue weighted by molar-refractivity contribution is 0.0635. The number of aromatic nitrogens is 1. The Morgan fingerprint density at radius 3 is 2.38 bits per heavy atom.